The number of anilines is 1. The Balaban J connectivity index is 2.15. The molecule has 94 valence electrons. The van der Waals surface area contributed by atoms with Gasteiger partial charge in [0.05, 0.1) is 6.20 Å². The molecule has 0 unspecified atom stereocenters. The average Bonchev–Trinajstić information content (AvgIpc) is 2.87. The maximum absolute atomic E-state index is 10.8. The van der Waals surface area contributed by atoms with Crippen molar-refractivity contribution in [3.8, 4) is 0 Å². The molecule has 0 radical (unpaired) electrons. The summed E-state index contributed by atoms with van der Waals surface area (Å²) in [5.41, 5.74) is 1.19. The molecule has 2 aromatic rings. The minimum atomic E-state index is -0.922. The maximum Gasteiger partial charge on any atom is 0.347 e. The molecular weight excluding hydrogens is 248 g/mol. The van der Waals surface area contributed by atoms with Gasteiger partial charge >= 0.3 is 5.97 Å². The lowest BCUT2D eigenvalue weighted by atomic mass is 10.2. The van der Waals surface area contributed by atoms with Crippen molar-refractivity contribution < 1.29 is 9.90 Å². The zero-order valence-corrected chi connectivity index (χ0v) is 10.9. The molecular formula is C13H14N2O2S. The second-order valence-electron chi connectivity index (χ2n) is 3.81. The Morgan fingerprint density at radius 3 is 2.67 bits per heavy atom. The van der Waals surface area contributed by atoms with Crippen LogP contribution in [0.25, 0.3) is 0 Å². The van der Waals surface area contributed by atoms with E-state index in [4.69, 9.17) is 5.11 Å². The topological polar surface area (TPSA) is 53.4 Å². The van der Waals surface area contributed by atoms with E-state index >= 15 is 0 Å². The van der Waals surface area contributed by atoms with Crippen LogP contribution in [0.1, 0.15) is 22.2 Å². The number of carboxylic acids is 1. The van der Waals surface area contributed by atoms with E-state index in [1.807, 2.05) is 37.3 Å². The van der Waals surface area contributed by atoms with Crippen LogP contribution in [0.3, 0.4) is 0 Å². The maximum atomic E-state index is 10.8. The molecule has 0 saturated carbocycles. The molecule has 0 aliphatic carbocycles. The summed E-state index contributed by atoms with van der Waals surface area (Å²) in [6.07, 6.45) is 1.41. The standard InChI is InChI=1S/C13H14N2O2S/c1-2-15(9-10-6-4-3-5-7-10)13-14-8-11(18-13)12(16)17/h3-8H,2,9H2,1H3,(H,16,17). The lowest BCUT2D eigenvalue weighted by Crippen LogP contribution is -2.21. The highest BCUT2D eigenvalue weighted by Crippen LogP contribution is 2.23. The molecule has 18 heavy (non-hydrogen) atoms. The smallest absolute Gasteiger partial charge is 0.347 e. The normalized spacial score (nSPS) is 10.3. The van der Waals surface area contributed by atoms with Crippen molar-refractivity contribution >= 4 is 22.4 Å². The van der Waals surface area contributed by atoms with Crippen molar-refractivity contribution in [3.63, 3.8) is 0 Å². The minimum Gasteiger partial charge on any atom is -0.477 e. The van der Waals surface area contributed by atoms with E-state index < -0.39 is 5.97 Å². The summed E-state index contributed by atoms with van der Waals surface area (Å²) in [4.78, 5) is 17.3. The summed E-state index contributed by atoms with van der Waals surface area (Å²) in [6, 6.07) is 10.1. The van der Waals surface area contributed by atoms with Gasteiger partial charge in [-0.15, -0.1) is 0 Å². The number of aromatic nitrogens is 1. The lowest BCUT2D eigenvalue weighted by Gasteiger charge is -2.19. The fourth-order valence-electron chi connectivity index (χ4n) is 1.63. The van der Waals surface area contributed by atoms with Crippen LogP contribution in [0, 0.1) is 0 Å². The Labute approximate surface area is 110 Å². The van der Waals surface area contributed by atoms with Crippen molar-refractivity contribution in [1.82, 2.24) is 4.98 Å². The lowest BCUT2D eigenvalue weighted by molar-refractivity contribution is 0.0702. The largest absolute Gasteiger partial charge is 0.477 e. The van der Waals surface area contributed by atoms with Crippen molar-refractivity contribution in [2.24, 2.45) is 0 Å². The highest BCUT2D eigenvalue weighted by Gasteiger charge is 2.13. The molecule has 1 aromatic carbocycles. The highest BCUT2D eigenvalue weighted by atomic mass is 32.1. The zero-order chi connectivity index (χ0) is 13.0. The van der Waals surface area contributed by atoms with Gasteiger partial charge in [-0.2, -0.15) is 0 Å². The van der Waals surface area contributed by atoms with Gasteiger partial charge in [0, 0.05) is 13.1 Å². The minimum absolute atomic E-state index is 0.275. The molecule has 0 bridgehead atoms. The number of benzene rings is 1. The number of nitrogens with zero attached hydrogens (tertiary/aromatic N) is 2. The predicted molar refractivity (Wildman–Crippen MR) is 72.2 cm³/mol. The van der Waals surface area contributed by atoms with Crippen molar-refractivity contribution in [2.75, 3.05) is 11.4 Å². The summed E-state index contributed by atoms with van der Waals surface area (Å²) in [7, 11) is 0. The molecule has 5 heteroatoms. The first-order valence-electron chi connectivity index (χ1n) is 5.68. The Morgan fingerprint density at radius 2 is 2.11 bits per heavy atom. The summed E-state index contributed by atoms with van der Waals surface area (Å²) < 4.78 is 0. The monoisotopic (exact) mass is 262 g/mol. The van der Waals surface area contributed by atoms with E-state index in [0.29, 0.717) is 0 Å². The van der Waals surface area contributed by atoms with E-state index in [2.05, 4.69) is 9.88 Å². The van der Waals surface area contributed by atoms with E-state index in [1.165, 1.54) is 23.1 Å². The fraction of sp³-hybridized carbons (Fsp3) is 0.231. The molecule has 0 fully saturated rings. The molecule has 0 amide bonds. The molecule has 0 spiro atoms. The molecule has 0 aliphatic heterocycles. The third-order valence-corrected chi connectivity index (χ3v) is 3.62. The molecule has 0 saturated heterocycles. The number of carbonyl (C=O) groups is 1. The zero-order valence-electron chi connectivity index (χ0n) is 10.0. The van der Waals surface area contributed by atoms with Crippen molar-refractivity contribution in [1.29, 1.82) is 0 Å². The van der Waals surface area contributed by atoms with Gasteiger partial charge in [-0.3, -0.25) is 0 Å². The third kappa shape index (κ3) is 2.87. The number of hydrogen-bond acceptors (Lipinski definition) is 4. The second kappa shape index (κ2) is 5.64. The predicted octanol–water partition coefficient (Wildman–Crippen LogP) is 2.87. The molecule has 0 atom stereocenters. The number of carboxylic acid groups (broad SMARTS) is 1. The number of thiazole rings is 1. The summed E-state index contributed by atoms with van der Waals surface area (Å²) in [6.45, 7) is 3.57. The molecule has 1 N–H and O–H groups in total. The molecule has 2 rings (SSSR count). The average molecular weight is 262 g/mol. The van der Waals surface area contributed by atoms with E-state index in [9.17, 15) is 4.79 Å². The Morgan fingerprint density at radius 1 is 1.39 bits per heavy atom. The van der Waals surface area contributed by atoms with Gasteiger partial charge in [0.25, 0.3) is 0 Å². The van der Waals surface area contributed by atoms with E-state index in [1.54, 1.807) is 0 Å². The van der Waals surface area contributed by atoms with Gasteiger partial charge in [-0.1, -0.05) is 41.7 Å². The number of hydrogen-bond donors (Lipinski definition) is 1. The van der Waals surface area contributed by atoms with Gasteiger partial charge in [0.2, 0.25) is 0 Å². The van der Waals surface area contributed by atoms with Gasteiger partial charge in [-0.25, -0.2) is 9.78 Å². The first kappa shape index (κ1) is 12.6. The van der Waals surface area contributed by atoms with Gasteiger partial charge < -0.3 is 10.0 Å². The molecule has 1 heterocycles. The van der Waals surface area contributed by atoms with Crippen LogP contribution in [-0.2, 0) is 6.54 Å². The molecule has 1 aromatic heterocycles. The van der Waals surface area contributed by atoms with Crippen molar-refractivity contribution in [3.05, 3.63) is 47.0 Å². The Hall–Kier alpha value is -1.88. The van der Waals surface area contributed by atoms with Crippen LogP contribution in [-0.4, -0.2) is 22.6 Å². The second-order valence-corrected chi connectivity index (χ2v) is 4.82. The van der Waals surface area contributed by atoms with Crippen LogP contribution >= 0.6 is 11.3 Å². The molecule has 0 aliphatic rings. The van der Waals surface area contributed by atoms with Gasteiger partial charge in [-0.05, 0) is 12.5 Å². The third-order valence-electron chi connectivity index (χ3n) is 2.57. The van der Waals surface area contributed by atoms with Crippen molar-refractivity contribution in [2.45, 2.75) is 13.5 Å². The first-order valence-corrected chi connectivity index (χ1v) is 6.50. The van der Waals surface area contributed by atoms with E-state index in [-0.39, 0.29) is 4.88 Å². The van der Waals surface area contributed by atoms with Crippen LogP contribution in [0.15, 0.2) is 36.5 Å². The summed E-state index contributed by atoms with van der Waals surface area (Å²) in [5.74, 6) is -0.922. The van der Waals surface area contributed by atoms with Crippen LogP contribution < -0.4 is 4.90 Å². The van der Waals surface area contributed by atoms with Crippen LogP contribution in [0.2, 0.25) is 0 Å². The fourth-order valence-corrected chi connectivity index (χ4v) is 2.45. The highest BCUT2D eigenvalue weighted by molar-refractivity contribution is 7.17. The Kier molecular flexibility index (Phi) is 3.94. The number of rotatable bonds is 5. The quantitative estimate of drug-likeness (QED) is 0.900. The molecule has 4 nitrogen and oxygen atoms in total. The van der Waals surface area contributed by atoms with Gasteiger partial charge in [0.15, 0.2) is 5.13 Å². The first-order chi connectivity index (χ1) is 8.70. The van der Waals surface area contributed by atoms with Crippen LogP contribution in [0.4, 0.5) is 5.13 Å². The van der Waals surface area contributed by atoms with Crippen LogP contribution in [0.5, 0.6) is 0 Å². The van der Waals surface area contributed by atoms with Gasteiger partial charge in [0.1, 0.15) is 4.88 Å². The number of aromatic carboxylic acids is 1. The SMILES string of the molecule is CCN(Cc1ccccc1)c1ncc(C(=O)O)s1. The summed E-state index contributed by atoms with van der Waals surface area (Å²) >= 11 is 1.21. The Bertz CT molecular complexity index is 525. The van der Waals surface area contributed by atoms with E-state index in [0.717, 1.165) is 18.2 Å². The summed E-state index contributed by atoms with van der Waals surface area (Å²) in [5, 5.41) is 9.64.